The van der Waals surface area contributed by atoms with Crippen LogP contribution in [-0.2, 0) is 4.74 Å². The standard InChI is InChI=1S/C11H12O3S/c1-3-9-14-11(12)7-5-4-6-8(13-2)10(7)15-9/h4-6,9H,3H2,1-2H3. The fourth-order valence-corrected chi connectivity index (χ4v) is 2.57. The van der Waals surface area contributed by atoms with Crippen LogP contribution in [0.15, 0.2) is 23.1 Å². The van der Waals surface area contributed by atoms with Gasteiger partial charge in [-0.15, -0.1) is 0 Å². The van der Waals surface area contributed by atoms with Crippen LogP contribution in [0.25, 0.3) is 0 Å². The van der Waals surface area contributed by atoms with E-state index in [9.17, 15) is 4.79 Å². The molecule has 2 rings (SSSR count). The molecule has 1 heterocycles. The Morgan fingerprint density at radius 1 is 1.53 bits per heavy atom. The van der Waals surface area contributed by atoms with Crippen molar-refractivity contribution in [2.75, 3.05) is 7.11 Å². The van der Waals surface area contributed by atoms with Crippen molar-refractivity contribution < 1.29 is 14.3 Å². The van der Waals surface area contributed by atoms with E-state index < -0.39 is 0 Å². The molecular formula is C11H12O3S. The van der Waals surface area contributed by atoms with Crippen molar-refractivity contribution in [3.8, 4) is 5.75 Å². The fourth-order valence-electron chi connectivity index (χ4n) is 1.46. The molecule has 1 aromatic carbocycles. The van der Waals surface area contributed by atoms with E-state index in [1.807, 2.05) is 13.0 Å². The third-order valence-electron chi connectivity index (χ3n) is 2.24. The third kappa shape index (κ3) is 1.81. The highest BCUT2D eigenvalue weighted by Gasteiger charge is 2.28. The number of fused-ring (bicyclic) bond motifs is 1. The molecule has 0 fully saturated rings. The predicted molar refractivity (Wildman–Crippen MR) is 58.3 cm³/mol. The number of rotatable bonds is 2. The minimum absolute atomic E-state index is 0.0960. The van der Waals surface area contributed by atoms with E-state index in [-0.39, 0.29) is 11.4 Å². The summed E-state index contributed by atoms with van der Waals surface area (Å²) in [7, 11) is 1.61. The van der Waals surface area contributed by atoms with Gasteiger partial charge in [0.1, 0.15) is 5.75 Å². The lowest BCUT2D eigenvalue weighted by atomic mass is 10.2. The number of hydrogen-bond donors (Lipinski definition) is 0. The first-order valence-electron chi connectivity index (χ1n) is 4.81. The molecule has 0 aliphatic carbocycles. The lowest BCUT2D eigenvalue weighted by Gasteiger charge is -2.24. The van der Waals surface area contributed by atoms with Crippen LogP contribution < -0.4 is 4.74 Å². The molecule has 0 saturated carbocycles. The summed E-state index contributed by atoms with van der Waals surface area (Å²) in [6, 6.07) is 5.42. The number of hydrogen-bond acceptors (Lipinski definition) is 4. The molecule has 1 unspecified atom stereocenters. The first kappa shape index (κ1) is 10.4. The Kier molecular flexibility index (Phi) is 2.86. The quantitative estimate of drug-likeness (QED) is 0.723. The van der Waals surface area contributed by atoms with E-state index in [1.165, 1.54) is 0 Å². The van der Waals surface area contributed by atoms with Gasteiger partial charge in [-0.25, -0.2) is 4.79 Å². The lowest BCUT2D eigenvalue weighted by molar-refractivity contribution is 0.0436. The maximum Gasteiger partial charge on any atom is 0.340 e. The number of benzene rings is 1. The maximum atomic E-state index is 11.6. The van der Waals surface area contributed by atoms with E-state index in [4.69, 9.17) is 9.47 Å². The number of carbonyl (C=O) groups excluding carboxylic acids is 1. The first-order valence-corrected chi connectivity index (χ1v) is 5.69. The molecule has 0 bridgehead atoms. The molecular weight excluding hydrogens is 212 g/mol. The second-order valence-corrected chi connectivity index (χ2v) is 4.37. The van der Waals surface area contributed by atoms with Crippen LogP contribution in [0.3, 0.4) is 0 Å². The molecule has 0 radical (unpaired) electrons. The third-order valence-corrected chi connectivity index (χ3v) is 3.59. The van der Waals surface area contributed by atoms with Crippen LogP contribution in [0, 0.1) is 0 Å². The average Bonchev–Trinajstić information content (AvgIpc) is 2.28. The summed E-state index contributed by atoms with van der Waals surface area (Å²) in [5, 5.41) is 0. The molecule has 80 valence electrons. The lowest BCUT2D eigenvalue weighted by Crippen LogP contribution is -2.20. The topological polar surface area (TPSA) is 35.5 Å². The molecule has 3 nitrogen and oxygen atoms in total. The van der Waals surface area contributed by atoms with Crippen LogP contribution in [-0.4, -0.2) is 18.5 Å². The Hall–Kier alpha value is -1.16. The average molecular weight is 224 g/mol. The SMILES string of the molecule is CCC1OC(=O)c2cccc(OC)c2S1. The van der Waals surface area contributed by atoms with Gasteiger partial charge in [-0.1, -0.05) is 24.8 Å². The van der Waals surface area contributed by atoms with Crippen molar-refractivity contribution in [1.82, 2.24) is 0 Å². The predicted octanol–water partition coefficient (Wildman–Crippen LogP) is 2.69. The van der Waals surface area contributed by atoms with Gasteiger partial charge in [-0.05, 0) is 18.6 Å². The smallest absolute Gasteiger partial charge is 0.340 e. The number of esters is 1. The van der Waals surface area contributed by atoms with Crippen LogP contribution in [0.4, 0.5) is 0 Å². The number of thioether (sulfide) groups is 1. The highest BCUT2D eigenvalue weighted by Crippen LogP contribution is 2.40. The molecule has 1 atom stereocenters. The van der Waals surface area contributed by atoms with Gasteiger partial charge in [-0.3, -0.25) is 0 Å². The normalized spacial score (nSPS) is 19.3. The van der Waals surface area contributed by atoms with Crippen LogP contribution in [0.1, 0.15) is 23.7 Å². The van der Waals surface area contributed by atoms with Crippen LogP contribution in [0.5, 0.6) is 5.75 Å². The van der Waals surface area contributed by atoms with Gasteiger partial charge in [-0.2, -0.15) is 0 Å². The summed E-state index contributed by atoms with van der Waals surface area (Å²) in [4.78, 5) is 12.5. The van der Waals surface area contributed by atoms with E-state index in [0.717, 1.165) is 17.1 Å². The van der Waals surface area contributed by atoms with Gasteiger partial charge < -0.3 is 9.47 Å². The second kappa shape index (κ2) is 4.14. The van der Waals surface area contributed by atoms with Crippen molar-refractivity contribution in [3.63, 3.8) is 0 Å². The molecule has 0 amide bonds. The molecule has 0 spiro atoms. The number of cyclic esters (lactones) is 1. The van der Waals surface area contributed by atoms with Crippen molar-refractivity contribution in [1.29, 1.82) is 0 Å². The highest BCUT2D eigenvalue weighted by molar-refractivity contribution is 8.00. The molecule has 0 N–H and O–H groups in total. The molecule has 1 aliphatic heterocycles. The van der Waals surface area contributed by atoms with Gasteiger partial charge in [0.25, 0.3) is 0 Å². The Morgan fingerprint density at radius 2 is 2.33 bits per heavy atom. The number of methoxy groups -OCH3 is 1. The number of carbonyl (C=O) groups is 1. The fraction of sp³-hybridized carbons (Fsp3) is 0.364. The van der Waals surface area contributed by atoms with E-state index in [0.29, 0.717) is 5.56 Å². The van der Waals surface area contributed by atoms with Gasteiger partial charge in [0, 0.05) is 0 Å². The molecule has 4 heteroatoms. The summed E-state index contributed by atoms with van der Waals surface area (Å²) in [6.45, 7) is 1.99. The van der Waals surface area contributed by atoms with Crippen molar-refractivity contribution in [3.05, 3.63) is 23.8 Å². The van der Waals surface area contributed by atoms with Crippen molar-refractivity contribution in [2.24, 2.45) is 0 Å². The van der Waals surface area contributed by atoms with E-state index >= 15 is 0 Å². The minimum Gasteiger partial charge on any atom is -0.496 e. The monoisotopic (exact) mass is 224 g/mol. The zero-order valence-corrected chi connectivity index (χ0v) is 9.47. The zero-order chi connectivity index (χ0) is 10.8. The largest absolute Gasteiger partial charge is 0.496 e. The van der Waals surface area contributed by atoms with Crippen LogP contribution >= 0.6 is 11.8 Å². The molecule has 0 saturated heterocycles. The Balaban J connectivity index is 2.45. The summed E-state index contributed by atoms with van der Waals surface area (Å²) >= 11 is 1.54. The summed E-state index contributed by atoms with van der Waals surface area (Å²) in [5.41, 5.74) is 0.505. The van der Waals surface area contributed by atoms with Crippen molar-refractivity contribution in [2.45, 2.75) is 23.7 Å². The second-order valence-electron chi connectivity index (χ2n) is 3.20. The summed E-state index contributed by atoms with van der Waals surface area (Å²) < 4.78 is 10.5. The highest BCUT2D eigenvalue weighted by atomic mass is 32.2. The van der Waals surface area contributed by atoms with Gasteiger partial charge in [0.2, 0.25) is 0 Å². The Morgan fingerprint density at radius 3 is 3.00 bits per heavy atom. The van der Waals surface area contributed by atoms with Crippen LogP contribution in [0.2, 0.25) is 0 Å². The van der Waals surface area contributed by atoms with Crippen molar-refractivity contribution >= 4 is 17.7 Å². The first-order chi connectivity index (χ1) is 7.26. The maximum absolute atomic E-state index is 11.6. The minimum atomic E-state index is -0.255. The summed E-state index contributed by atoms with van der Waals surface area (Å²) in [6.07, 6.45) is 0.799. The molecule has 1 aliphatic rings. The van der Waals surface area contributed by atoms with E-state index in [1.54, 1.807) is 31.0 Å². The van der Waals surface area contributed by atoms with E-state index in [2.05, 4.69) is 0 Å². The molecule has 1 aromatic rings. The zero-order valence-electron chi connectivity index (χ0n) is 8.65. The Labute approximate surface area is 92.8 Å². The van der Waals surface area contributed by atoms with Gasteiger partial charge in [0.15, 0.2) is 5.44 Å². The number of ether oxygens (including phenoxy) is 2. The van der Waals surface area contributed by atoms with Gasteiger partial charge >= 0.3 is 5.97 Å². The summed E-state index contributed by atoms with van der Waals surface area (Å²) in [5.74, 6) is 0.488. The van der Waals surface area contributed by atoms with Gasteiger partial charge in [0.05, 0.1) is 17.6 Å². The Bertz CT molecular complexity index is 389. The molecule has 0 aromatic heterocycles. The molecule has 15 heavy (non-hydrogen) atoms.